The van der Waals surface area contributed by atoms with Crippen LogP contribution in [0.3, 0.4) is 0 Å². The summed E-state index contributed by atoms with van der Waals surface area (Å²) in [6.45, 7) is 16.5. The highest BCUT2D eigenvalue weighted by atomic mass is 28.4. The van der Waals surface area contributed by atoms with Crippen LogP contribution in [0.15, 0.2) is 24.3 Å². The second-order valence-electron chi connectivity index (χ2n) is 9.38. The van der Waals surface area contributed by atoms with Crippen molar-refractivity contribution < 1.29 is 14.0 Å². The number of aromatic nitrogens is 1. The number of hydrogen-bond donors (Lipinski definition) is 1. The van der Waals surface area contributed by atoms with Gasteiger partial charge in [-0.3, -0.25) is 4.79 Å². The topological polar surface area (TPSA) is 51.3 Å². The molecule has 1 heterocycles. The van der Waals surface area contributed by atoms with Crippen molar-refractivity contribution in [1.82, 2.24) is 4.98 Å². The molecular formula is C24H39NO3Si. The summed E-state index contributed by atoms with van der Waals surface area (Å²) in [5.74, 6) is -0.119. The summed E-state index contributed by atoms with van der Waals surface area (Å²) in [6, 6.07) is 8.46. The lowest BCUT2D eigenvalue weighted by Gasteiger charge is -2.36. The maximum Gasteiger partial charge on any atom is 0.308 e. The highest BCUT2D eigenvalue weighted by molar-refractivity contribution is 6.74. The number of esters is 1. The van der Waals surface area contributed by atoms with Gasteiger partial charge in [0.15, 0.2) is 8.32 Å². The summed E-state index contributed by atoms with van der Waals surface area (Å²) in [7, 11) is -1.76. The second-order valence-corrected chi connectivity index (χ2v) is 14.2. The molecule has 0 radical (unpaired) electrons. The number of para-hydroxylation sites is 1. The van der Waals surface area contributed by atoms with Gasteiger partial charge < -0.3 is 14.1 Å². The van der Waals surface area contributed by atoms with E-state index in [0.717, 1.165) is 37.8 Å². The molecular weight excluding hydrogens is 378 g/mol. The number of hydrogen-bond acceptors (Lipinski definition) is 3. The first kappa shape index (κ1) is 23.7. The largest absolute Gasteiger partial charge is 0.466 e. The van der Waals surface area contributed by atoms with Gasteiger partial charge in [0.05, 0.1) is 12.5 Å². The number of aryl methyl sites for hydroxylation is 1. The number of rotatable bonds is 10. The normalized spacial score (nSPS) is 13.6. The monoisotopic (exact) mass is 417 g/mol. The molecule has 4 nitrogen and oxygen atoms in total. The van der Waals surface area contributed by atoms with Crippen LogP contribution in [0.4, 0.5) is 0 Å². The van der Waals surface area contributed by atoms with Crippen molar-refractivity contribution in [2.24, 2.45) is 5.92 Å². The van der Waals surface area contributed by atoms with Gasteiger partial charge in [-0.05, 0) is 62.4 Å². The lowest BCUT2D eigenvalue weighted by Crippen LogP contribution is -2.41. The van der Waals surface area contributed by atoms with E-state index in [1.807, 2.05) is 6.92 Å². The summed E-state index contributed by atoms with van der Waals surface area (Å²) >= 11 is 0. The maximum absolute atomic E-state index is 12.2. The quantitative estimate of drug-likeness (QED) is 0.367. The van der Waals surface area contributed by atoms with E-state index in [4.69, 9.17) is 9.16 Å². The number of H-pyrrole nitrogens is 1. The average Bonchev–Trinajstić information content (AvgIpc) is 2.99. The van der Waals surface area contributed by atoms with Crippen molar-refractivity contribution in [2.75, 3.05) is 13.2 Å². The fourth-order valence-corrected chi connectivity index (χ4v) is 4.49. The van der Waals surface area contributed by atoms with Gasteiger partial charge in [-0.25, -0.2) is 0 Å². The number of nitrogens with one attached hydrogen (secondary N) is 1. The number of carbonyl (C=O) groups is 1. The van der Waals surface area contributed by atoms with E-state index in [0.29, 0.717) is 6.61 Å². The van der Waals surface area contributed by atoms with Crippen LogP contribution in [0, 0.1) is 5.92 Å². The molecule has 5 heteroatoms. The third-order valence-electron chi connectivity index (χ3n) is 6.38. The van der Waals surface area contributed by atoms with Crippen LogP contribution in [0.25, 0.3) is 10.9 Å². The van der Waals surface area contributed by atoms with Crippen LogP contribution in [0.5, 0.6) is 0 Å². The molecule has 2 aromatic rings. The molecule has 1 unspecified atom stereocenters. The average molecular weight is 418 g/mol. The van der Waals surface area contributed by atoms with E-state index in [1.165, 1.54) is 16.6 Å². The van der Waals surface area contributed by atoms with Gasteiger partial charge in [-0.15, -0.1) is 0 Å². The van der Waals surface area contributed by atoms with Crippen LogP contribution in [-0.4, -0.2) is 32.5 Å². The minimum Gasteiger partial charge on any atom is -0.466 e. The predicted octanol–water partition coefficient (Wildman–Crippen LogP) is 6.25. The van der Waals surface area contributed by atoms with Gasteiger partial charge >= 0.3 is 5.97 Å². The molecule has 2 rings (SSSR count). The Hall–Kier alpha value is -1.59. The molecule has 0 bridgehead atoms. The Balaban J connectivity index is 2.15. The van der Waals surface area contributed by atoms with Gasteiger partial charge in [0, 0.05) is 23.2 Å². The Kier molecular flexibility index (Phi) is 8.12. The maximum atomic E-state index is 12.2. The van der Waals surface area contributed by atoms with Gasteiger partial charge in [0.25, 0.3) is 0 Å². The summed E-state index contributed by atoms with van der Waals surface area (Å²) in [4.78, 5) is 15.8. The van der Waals surface area contributed by atoms with Crippen molar-refractivity contribution in [3.8, 4) is 0 Å². The van der Waals surface area contributed by atoms with Crippen molar-refractivity contribution in [2.45, 2.75) is 78.4 Å². The van der Waals surface area contributed by atoms with Crippen molar-refractivity contribution in [3.05, 3.63) is 35.5 Å². The number of ether oxygens (including phenoxy) is 1. The van der Waals surface area contributed by atoms with Gasteiger partial charge in [0.2, 0.25) is 0 Å². The Morgan fingerprint density at radius 3 is 2.45 bits per heavy atom. The fourth-order valence-electron chi connectivity index (χ4n) is 3.45. The molecule has 1 aromatic carbocycles. The first-order chi connectivity index (χ1) is 13.6. The van der Waals surface area contributed by atoms with E-state index in [9.17, 15) is 4.79 Å². The zero-order valence-electron chi connectivity index (χ0n) is 19.4. The lowest BCUT2D eigenvalue weighted by atomic mass is 9.97. The van der Waals surface area contributed by atoms with Crippen LogP contribution in [0.1, 0.15) is 58.7 Å². The molecule has 0 aliphatic rings. The fraction of sp³-hybridized carbons (Fsp3) is 0.625. The zero-order chi connectivity index (χ0) is 21.7. The number of aromatic amines is 1. The van der Waals surface area contributed by atoms with E-state index in [2.05, 4.69) is 70.0 Å². The first-order valence-corrected chi connectivity index (χ1v) is 13.9. The van der Waals surface area contributed by atoms with Crippen LogP contribution < -0.4 is 0 Å². The number of fused-ring (bicyclic) bond motifs is 1. The van der Waals surface area contributed by atoms with E-state index in [-0.39, 0.29) is 16.9 Å². The molecule has 0 amide bonds. The molecule has 0 saturated carbocycles. The van der Waals surface area contributed by atoms with Crippen LogP contribution in [0.2, 0.25) is 18.1 Å². The highest BCUT2D eigenvalue weighted by Gasteiger charge is 2.37. The third-order valence-corrected chi connectivity index (χ3v) is 10.9. The molecule has 0 aliphatic heterocycles. The molecule has 1 N–H and O–H groups in total. The predicted molar refractivity (Wildman–Crippen MR) is 124 cm³/mol. The Morgan fingerprint density at radius 2 is 1.83 bits per heavy atom. The van der Waals surface area contributed by atoms with Gasteiger partial charge in [-0.1, -0.05) is 45.9 Å². The minimum absolute atomic E-state index is 0.0438. The van der Waals surface area contributed by atoms with Gasteiger partial charge in [0.1, 0.15) is 0 Å². The molecule has 0 spiro atoms. The SMILES string of the molecule is CCOC(=O)C(CC)CCc1[nH]c2ccccc2c1CCO[Si](C)(C)C(C)(C)C. The first-order valence-electron chi connectivity index (χ1n) is 11.0. The summed E-state index contributed by atoms with van der Waals surface area (Å²) in [5, 5.41) is 1.48. The van der Waals surface area contributed by atoms with Crippen LogP contribution >= 0.6 is 0 Å². The highest BCUT2D eigenvalue weighted by Crippen LogP contribution is 2.36. The van der Waals surface area contributed by atoms with Crippen molar-refractivity contribution in [1.29, 1.82) is 0 Å². The van der Waals surface area contributed by atoms with Gasteiger partial charge in [-0.2, -0.15) is 0 Å². The third kappa shape index (κ3) is 5.95. The molecule has 0 aliphatic carbocycles. The number of benzene rings is 1. The van der Waals surface area contributed by atoms with Crippen molar-refractivity contribution in [3.63, 3.8) is 0 Å². The van der Waals surface area contributed by atoms with Crippen molar-refractivity contribution >= 4 is 25.2 Å². The Bertz CT molecular complexity index is 804. The van der Waals surface area contributed by atoms with E-state index < -0.39 is 8.32 Å². The molecule has 1 aromatic heterocycles. The van der Waals surface area contributed by atoms with Crippen LogP contribution in [-0.2, 0) is 26.8 Å². The molecule has 162 valence electrons. The molecule has 1 atom stereocenters. The summed E-state index contributed by atoms with van der Waals surface area (Å²) in [6.07, 6.45) is 3.35. The zero-order valence-corrected chi connectivity index (χ0v) is 20.4. The summed E-state index contributed by atoms with van der Waals surface area (Å²) in [5.41, 5.74) is 3.72. The second kappa shape index (κ2) is 9.94. The van der Waals surface area contributed by atoms with E-state index in [1.54, 1.807) is 0 Å². The molecule has 29 heavy (non-hydrogen) atoms. The number of carbonyl (C=O) groups excluding carboxylic acids is 1. The molecule has 0 fully saturated rings. The Labute approximate surface area is 177 Å². The summed E-state index contributed by atoms with van der Waals surface area (Å²) < 4.78 is 11.7. The van der Waals surface area contributed by atoms with E-state index >= 15 is 0 Å². The molecule has 0 saturated heterocycles. The lowest BCUT2D eigenvalue weighted by molar-refractivity contribution is -0.148. The standard InChI is InChI=1S/C24H39NO3Si/c1-8-18(23(26)27-9-2)14-15-22-20(19-12-10-11-13-21(19)25-22)16-17-28-29(6,7)24(3,4)5/h10-13,18,25H,8-9,14-17H2,1-7H3. The Morgan fingerprint density at radius 1 is 1.14 bits per heavy atom. The minimum atomic E-state index is -1.76. The smallest absolute Gasteiger partial charge is 0.308 e.